The van der Waals surface area contributed by atoms with Crippen molar-refractivity contribution in [1.82, 2.24) is 15.1 Å². The SMILES string of the molecule is CNC(CN1CCC(CN2CCCC2)CC1)C(C)C. The van der Waals surface area contributed by atoms with E-state index in [4.69, 9.17) is 0 Å². The third-order valence-electron chi connectivity index (χ3n) is 5.05. The van der Waals surface area contributed by atoms with Gasteiger partial charge in [0, 0.05) is 19.1 Å². The summed E-state index contributed by atoms with van der Waals surface area (Å²) in [7, 11) is 2.10. The molecule has 0 aromatic heterocycles. The van der Waals surface area contributed by atoms with Gasteiger partial charge < -0.3 is 15.1 Å². The molecule has 2 aliphatic heterocycles. The van der Waals surface area contributed by atoms with Gasteiger partial charge in [-0.05, 0) is 70.7 Å². The molecule has 3 heteroatoms. The van der Waals surface area contributed by atoms with E-state index in [0.29, 0.717) is 6.04 Å². The number of hydrogen-bond acceptors (Lipinski definition) is 3. The van der Waals surface area contributed by atoms with Crippen LogP contribution in [0.2, 0.25) is 0 Å². The molecule has 2 heterocycles. The Morgan fingerprint density at radius 3 is 2.16 bits per heavy atom. The molecule has 0 radical (unpaired) electrons. The monoisotopic (exact) mass is 267 g/mol. The standard InChI is InChI=1S/C16H33N3/c1-14(2)16(17-3)13-19-10-6-15(7-11-19)12-18-8-4-5-9-18/h14-17H,4-13H2,1-3H3. The van der Waals surface area contributed by atoms with Gasteiger partial charge in [-0.2, -0.15) is 0 Å². The van der Waals surface area contributed by atoms with Crippen molar-refractivity contribution in [2.24, 2.45) is 11.8 Å². The first kappa shape index (κ1) is 15.3. The van der Waals surface area contributed by atoms with Gasteiger partial charge in [0.15, 0.2) is 0 Å². The lowest BCUT2D eigenvalue weighted by Gasteiger charge is -2.36. The maximum absolute atomic E-state index is 3.47. The maximum Gasteiger partial charge on any atom is 0.0214 e. The fraction of sp³-hybridized carbons (Fsp3) is 1.00. The van der Waals surface area contributed by atoms with E-state index in [2.05, 4.69) is 36.0 Å². The molecule has 0 aliphatic carbocycles. The van der Waals surface area contributed by atoms with E-state index in [1.54, 1.807) is 0 Å². The Morgan fingerprint density at radius 2 is 1.63 bits per heavy atom. The number of hydrogen-bond donors (Lipinski definition) is 1. The van der Waals surface area contributed by atoms with Gasteiger partial charge in [-0.3, -0.25) is 0 Å². The molecule has 0 aromatic rings. The molecule has 2 fully saturated rings. The zero-order valence-electron chi connectivity index (χ0n) is 13.2. The average Bonchev–Trinajstić information content (AvgIpc) is 2.90. The van der Waals surface area contributed by atoms with Gasteiger partial charge in [0.05, 0.1) is 0 Å². The fourth-order valence-electron chi connectivity index (χ4n) is 3.60. The molecule has 2 aliphatic rings. The molecular weight excluding hydrogens is 234 g/mol. The summed E-state index contributed by atoms with van der Waals surface area (Å²) in [5.41, 5.74) is 0. The van der Waals surface area contributed by atoms with E-state index in [9.17, 15) is 0 Å². The predicted octanol–water partition coefficient (Wildman–Crippen LogP) is 2.04. The summed E-state index contributed by atoms with van der Waals surface area (Å²) in [4.78, 5) is 5.35. The highest BCUT2D eigenvalue weighted by Crippen LogP contribution is 2.21. The van der Waals surface area contributed by atoms with Crippen molar-refractivity contribution >= 4 is 0 Å². The zero-order chi connectivity index (χ0) is 13.7. The smallest absolute Gasteiger partial charge is 0.0214 e. The molecule has 112 valence electrons. The van der Waals surface area contributed by atoms with Crippen LogP contribution in [0.4, 0.5) is 0 Å². The van der Waals surface area contributed by atoms with Crippen molar-refractivity contribution in [3.63, 3.8) is 0 Å². The van der Waals surface area contributed by atoms with E-state index in [-0.39, 0.29) is 0 Å². The summed E-state index contributed by atoms with van der Waals surface area (Å²) in [6.07, 6.45) is 5.67. The molecule has 2 saturated heterocycles. The first-order valence-corrected chi connectivity index (χ1v) is 8.31. The highest BCUT2D eigenvalue weighted by molar-refractivity contribution is 4.80. The van der Waals surface area contributed by atoms with Gasteiger partial charge in [0.25, 0.3) is 0 Å². The van der Waals surface area contributed by atoms with E-state index in [0.717, 1.165) is 11.8 Å². The van der Waals surface area contributed by atoms with Gasteiger partial charge in [-0.15, -0.1) is 0 Å². The molecule has 1 atom stereocenters. The van der Waals surface area contributed by atoms with Crippen LogP contribution in [0.5, 0.6) is 0 Å². The van der Waals surface area contributed by atoms with E-state index in [1.807, 2.05) is 0 Å². The van der Waals surface area contributed by atoms with Crippen molar-refractivity contribution in [3.8, 4) is 0 Å². The summed E-state index contributed by atoms with van der Waals surface area (Å²) < 4.78 is 0. The first-order chi connectivity index (χ1) is 9.19. The lowest BCUT2D eigenvalue weighted by molar-refractivity contribution is 0.137. The second-order valence-corrected chi connectivity index (χ2v) is 6.89. The van der Waals surface area contributed by atoms with E-state index in [1.165, 1.54) is 65.0 Å². The van der Waals surface area contributed by atoms with Crippen LogP contribution in [-0.2, 0) is 0 Å². The number of likely N-dealkylation sites (tertiary alicyclic amines) is 2. The molecule has 1 N–H and O–H groups in total. The Balaban J connectivity index is 1.66. The number of rotatable bonds is 6. The second kappa shape index (κ2) is 7.61. The van der Waals surface area contributed by atoms with Gasteiger partial charge >= 0.3 is 0 Å². The summed E-state index contributed by atoms with van der Waals surface area (Å²) >= 11 is 0. The summed E-state index contributed by atoms with van der Waals surface area (Å²) in [5.74, 6) is 1.69. The van der Waals surface area contributed by atoms with Crippen LogP contribution in [-0.4, -0.2) is 62.2 Å². The van der Waals surface area contributed by atoms with Crippen molar-refractivity contribution in [2.75, 3.05) is 46.3 Å². The molecule has 3 nitrogen and oxygen atoms in total. The fourth-order valence-corrected chi connectivity index (χ4v) is 3.60. The molecule has 1 unspecified atom stereocenters. The minimum absolute atomic E-state index is 0.648. The molecule has 0 spiro atoms. The minimum Gasteiger partial charge on any atom is -0.315 e. The number of piperidine rings is 1. The van der Waals surface area contributed by atoms with Crippen molar-refractivity contribution in [1.29, 1.82) is 0 Å². The molecule has 0 amide bonds. The maximum atomic E-state index is 3.47. The van der Waals surface area contributed by atoms with Crippen LogP contribution in [0.3, 0.4) is 0 Å². The molecule has 0 aromatic carbocycles. The number of likely N-dealkylation sites (N-methyl/N-ethyl adjacent to an activating group) is 1. The van der Waals surface area contributed by atoms with Crippen molar-refractivity contribution in [3.05, 3.63) is 0 Å². The highest BCUT2D eigenvalue weighted by Gasteiger charge is 2.24. The van der Waals surface area contributed by atoms with Crippen LogP contribution in [0, 0.1) is 11.8 Å². The van der Waals surface area contributed by atoms with Crippen LogP contribution in [0.1, 0.15) is 39.5 Å². The topological polar surface area (TPSA) is 18.5 Å². The summed E-state index contributed by atoms with van der Waals surface area (Å²) in [5, 5.41) is 3.47. The van der Waals surface area contributed by atoms with Gasteiger partial charge in [-0.25, -0.2) is 0 Å². The quantitative estimate of drug-likeness (QED) is 0.794. The average molecular weight is 267 g/mol. The summed E-state index contributed by atoms with van der Waals surface area (Å²) in [6.45, 7) is 12.6. The van der Waals surface area contributed by atoms with Crippen LogP contribution in [0.25, 0.3) is 0 Å². The van der Waals surface area contributed by atoms with Gasteiger partial charge in [0.1, 0.15) is 0 Å². The molecule has 19 heavy (non-hydrogen) atoms. The normalized spacial score (nSPS) is 25.3. The third kappa shape index (κ3) is 4.73. The van der Waals surface area contributed by atoms with Gasteiger partial charge in [-0.1, -0.05) is 13.8 Å². The van der Waals surface area contributed by atoms with Crippen molar-refractivity contribution in [2.45, 2.75) is 45.6 Å². The lowest BCUT2D eigenvalue weighted by atomic mass is 9.95. The Hall–Kier alpha value is -0.120. The van der Waals surface area contributed by atoms with Crippen molar-refractivity contribution < 1.29 is 0 Å². The highest BCUT2D eigenvalue weighted by atomic mass is 15.2. The Morgan fingerprint density at radius 1 is 1.00 bits per heavy atom. The first-order valence-electron chi connectivity index (χ1n) is 8.31. The predicted molar refractivity (Wildman–Crippen MR) is 82.5 cm³/mol. The Kier molecular flexibility index (Phi) is 6.11. The zero-order valence-corrected chi connectivity index (χ0v) is 13.2. The third-order valence-corrected chi connectivity index (χ3v) is 5.05. The Labute approximate surface area is 119 Å². The Bertz CT molecular complexity index is 240. The summed E-state index contributed by atoms with van der Waals surface area (Å²) in [6, 6.07) is 0.648. The second-order valence-electron chi connectivity index (χ2n) is 6.89. The molecule has 0 saturated carbocycles. The molecule has 0 bridgehead atoms. The molecular formula is C16H33N3. The number of nitrogens with zero attached hydrogens (tertiary/aromatic N) is 2. The van der Waals surface area contributed by atoms with Crippen LogP contribution >= 0.6 is 0 Å². The van der Waals surface area contributed by atoms with Crippen LogP contribution in [0.15, 0.2) is 0 Å². The lowest BCUT2D eigenvalue weighted by Crippen LogP contribution is -2.46. The molecule has 2 rings (SSSR count). The van der Waals surface area contributed by atoms with E-state index < -0.39 is 0 Å². The number of nitrogens with one attached hydrogen (secondary N) is 1. The van der Waals surface area contributed by atoms with E-state index >= 15 is 0 Å². The largest absolute Gasteiger partial charge is 0.315 e. The van der Waals surface area contributed by atoms with Crippen LogP contribution < -0.4 is 5.32 Å². The van der Waals surface area contributed by atoms with Gasteiger partial charge in [0.2, 0.25) is 0 Å². The minimum atomic E-state index is 0.648.